The lowest BCUT2D eigenvalue weighted by atomic mass is 10.1. The molecule has 4 nitrogen and oxygen atoms in total. The molecule has 0 fully saturated rings. The molecule has 2 heterocycles. The number of aromatic nitrogens is 2. The van der Waals surface area contributed by atoms with Crippen LogP contribution in [0.2, 0.25) is 0 Å². The van der Waals surface area contributed by atoms with Crippen molar-refractivity contribution in [3.63, 3.8) is 0 Å². The summed E-state index contributed by atoms with van der Waals surface area (Å²) in [4.78, 5) is 20.0. The van der Waals surface area contributed by atoms with Crippen LogP contribution in [0.3, 0.4) is 0 Å². The predicted molar refractivity (Wildman–Crippen MR) is 89.6 cm³/mol. The number of aromatic carboxylic acids is 1. The molecule has 108 valence electrons. The van der Waals surface area contributed by atoms with Gasteiger partial charge in [-0.05, 0) is 42.0 Å². The van der Waals surface area contributed by atoms with E-state index in [-0.39, 0.29) is 5.56 Å². The standard InChI is InChI=1S/C17H11BrN2O2/c18-12-4-6-16-14(8-12)15(17(21)22)9-13(20-16)5-3-11-2-1-7-19-10-11/h1-10H,(H,21,22). The van der Waals surface area contributed by atoms with E-state index >= 15 is 0 Å². The summed E-state index contributed by atoms with van der Waals surface area (Å²) in [6, 6.07) is 10.7. The summed E-state index contributed by atoms with van der Waals surface area (Å²) in [6.07, 6.45) is 7.06. The van der Waals surface area contributed by atoms with Gasteiger partial charge in [0.1, 0.15) is 0 Å². The topological polar surface area (TPSA) is 63.1 Å². The van der Waals surface area contributed by atoms with Gasteiger partial charge >= 0.3 is 5.97 Å². The van der Waals surface area contributed by atoms with Gasteiger partial charge in [0.25, 0.3) is 0 Å². The van der Waals surface area contributed by atoms with Crippen LogP contribution < -0.4 is 0 Å². The largest absolute Gasteiger partial charge is 0.478 e. The Kier molecular flexibility index (Phi) is 3.98. The molecular weight excluding hydrogens is 344 g/mol. The fourth-order valence-corrected chi connectivity index (χ4v) is 2.50. The molecular formula is C17H11BrN2O2. The molecule has 0 radical (unpaired) electrons. The maximum Gasteiger partial charge on any atom is 0.336 e. The van der Waals surface area contributed by atoms with Gasteiger partial charge in [0.2, 0.25) is 0 Å². The van der Waals surface area contributed by atoms with Crippen LogP contribution in [0, 0.1) is 0 Å². The fraction of sp³-hybridized carbons (Fsp3) is 0. The highest BCUT2D eigenvalue weighted by atomic mass is 79.9. The first-order chi connectivity index (χ1) is 10.6. The third-order valence-corrected chi connectivity index (χ3v) is 3.65. The lowest BCUT2D eigenvalue weighted by Crippen LogP contribution is -2.00. The molecule has 1 aromatic carbocycles. The fourth-order valence-electron chi connectivity index (χ4n) is 2.14. The minimum atomic E-state index is -0.971. The number of hydrogen-bond acceptors (Lipinski definition) is 3. The van der Waals surface area contributed by atoms with E-state index in [4.69, 9.17) is 0 Å². The summed E-state index contributed by atoms with van der Waals surface area (Å²) in [6.45, 7) is 0. The van der Waals surface area contributed by atoms with Gasteiger partial charge in [-0.15, -0.1) is 0 Å². The number of benzene rings is 1. The number of rotatable bonds is 3. The Morgan fingerprint density at radius 1 is 1.18 bits per heavy atom. The molecule has 0 saturated carbocycles. The van der Waals surface area contributed by atoms with Crippen molar-refractivity contribution in [1.82, 2.24) is 9.97 Å². The van der Waals surface area contributed by atoms with Gasteiger partial charge in [-0.25, -0.2) is 9.78 Å². The number of nitrogens with zero attached hydrogens (tertiary/aromatic N) is 2. The first-order valence-electron chi connectivity index (χ1n) is 6.55. The Labute approximate surface area is 135 Å². The van der Waals surface area contributed by atoms with Crippen LogP contribution in [0.25, 0.3) is 23.1 Å². The zero-order valence-electron chi connectivity index (χ0n) is 11.4. The molecule has 3 rings (SSSR count). The molecule has 1 N–H and O–H groups in total. The summed E-state index contributed by atoms with van der Waals surface area (Å²) in [5, 5.41) is 10.0. The van der Waals surface area contributed by atoms with Gasteiger partial charge in [-0.2, -0.15) is 0 Å². The zero-order chi connectivity index (χ0) is 15.5. The van der Waals surface area contributed by atoms with E-state index in [2.05, 4.69) is 25.9 Å². The van der Waals surface area contributed by atoms with Crippen molar-refractivity contribution in [3.8, 4) is 0 Å². The Bertz CT molecular complexity index is 876. The lowest BCUT2D eigenvalue weighted by Gasteiger charge is -2.05. The van der Waals surface area contributed by atoms with Gasteiger partial charge in [0, 0.05) is 22.3 Å². The van der Waals surface area contributed by atoms with Crippen LogP contribution in [0.15, 0.2) is 53.3 Å². The van der Waals surface area contributed by atoms with Gasteiger partial charge in [0.05, 0.1) is 16.8 Å². The number of pyridine rings is 2. The minimum absolute atomic E-state index is 0.233. The Morgan fingerprint density at radius 3 is 2.77 bits per heavy atom. The molecule has 0 unspecified atom stereocenters. The highest BCUT2D eigenvalue weighted by Gasteiger charge is 2.11. The molecule has 0 atom stereocenters. The second kappa shape index (κ2) is 6.07. The summed E-state index contributed by atoms with van der Waals surface area (Å²) in [7, 11) is 0. The van der Waals surface area contributed by atoms with Gasteiger partial charge < -0.3 is 5.11 Å². The van der Waals surface area contributed by atoms with E-state index in [0.29, 0.717) is 16.6 Å². The van der Waals surface area contributed by atoms with E-state index in [0.717, 1.165) is 10.0 Å². The number of carbonyl (C=O) groups is 1. The van der Waals surface area contributed by atoms with Crippen molar-refractivity contribution in [2.75, 3.05) is 0 Å². The van der Waals surface area contributed by atoms with Crippen molar-refractivity contribution in [2.24, 2.45) is 0 Å². The Hall–Kier alpha value is -2.53. The van der Waals surface area contributed by atoms with Crippen molar-refractivity contribution >= 4 is 45.0 Å². The molecule has 2 aromatic heterocycles. The molecule has 0 saturated heterocycles. The molecule has 0 spiro atoms. The van der Waals surface area contributed by atoms with Crippen LogP contribution in [0.4, 0.5) is 0 Å². The monoisotopic (exact) mass is 354 g/mol. The Morgan fingerprint density at radius 2 is 2.05 bits per heavy atom. The first kappa shape index (κ1) is 14.4. The molecule has 0 amide bonds. The number of carboxylic acids is 1. The van der Waals surface area contributed by atoms with E-state index in [1.165, 1.54) is 0 Å². The average Bonchev–Trinajstić information content (AvgIpc) is 2.53. The van der Waals surface area contributed by atoms with Gasteiger partial charge in [-0.3, -0.25) is 4.98 Å². The molecule has 3 aromatic rings. The minimum Gasteiger partial charge on any atom is -0.478 e. The second-order valence-corrected chi connectivity index (χ2v) is 5.60. The van der Waals surface area contributed by atoms with Crippen LogP contribution in [0.1, 0.15) is 21.6 Å². The summed E-state index contributed by atoms with van der Waals surface area (Å²) >= 11 is 3.35. The third kappa shape index (κ3) is 3.04. The van der Waals surface area contributed by atoms with Gasteiger partial charge in [-0.1, -0.05) is 28.1 Å². The highest BCUT2D eigenvalue weighted by Crippen LogP contribution is 2.23. The maximum atomic E-state index is 11.5. The Balaban J connectivity index is 2.09. The quantitative estimate of drug-likeness (QED) is 0.763. The van der Waals surface area contributed by atoms with Gasteiger partial charge in [0.15, 0.2) is 0 Å². The molecule has 0 aliphatic heterocycles. The summed E-state index contributed by atoms with van der Waals surface area (Å²) in [5.41, 5.74) is 2.40. The van der Waals surface area contributed by atoms with Crippen molar-refractivity contribution in [3.05, 3.63) is 70.1 Å². The highest BCUT2D eigenvalue weighted by molar-refractivity contribution is 9.10. The smallest absolute Gasteiger partial charge is 0.336 e. The zero-order valence-corrected chi connectivity index (χ0v) is 13.0. The predicted octanol–water partition coefficient (Wildman–Crippen LogP) is 4.26. The van der Waals surface area contributed by atoms with Crippen molar-refractivity contribution < 1.29 is 9.90 Å². The van der Waals surface area contributed by atoms with Crippen LogP contribution >= 0.6 is 15.9 Å². The van der Waals surface area contributed by atoms with Crippen molar-refractivity contribution in [1.29, 1.82) is 0 Å². The first-order valence-corrected chi connectivity index (χ1v) is 7.34. The summed E-state index contributed by atoms with van der Waals surface area (Å²) in [5.74, 6) is -0.971. The molecule has 0 aliphatic carbocycles. The molecule has 5 heteroatoms. The van der Waals surface area contributed by atoms with Crippen LogP contribution in [-0.2, 0) is 0 Å². The number of hydrogen-bond donors (Lipinski definition) is 1. The summed E-state index contributed by atoms with van der Waals surface area (Å²) < 4.78 is 0.822. The van der Waals surface area contributed by atoms with E-state index in [9.17, 15) is 9.90 Å². The molecule has 22 heavy (non-hydrogen) atoms. The lowest BCUT2D eigenvalue weighted by molar-refractivity contribution is 0.0699. The molecule has 0 bridgehead atoms. The number of halogens is 1. The van der Waals surface area contributed by atoms with Crippen LogP contribution in [0.5, 0.6) is 0 Å². The van der Waals surface area contributed by atoms with Crippen LogP contribution in [-0.4, -0.2) is 21.0 Å². The van der Waals surface area contributed by atoms with E-state index < -0.39 is 5.97 Å². The van der Waals surface area contributed by atoms with Crippen molar-refractivity contribution in [2.45, 2.75) is 0 Å². The number of carboxylic acid groups (broad SMARTS) is 1. The third-order valence-electron chi connectivity index (χ3n) is 3.15. The normalized spacial score (nSPS) is 11.1. The second-order valence-electron chi connectivity index (χ2n) is 4.68. The van der Waals surface area contributed by atoms with E-state index in [1.54, 1.807) is 36.7 Å². The SMILES string of the molecule is O=C(O)c1cc(C=Cc2cccnc2)nc2ccc(Br)cc12. The number of fused-ring (bicyclic) bond motifs is 1. The van der Waals surface area contributed by atoms with E-state index in [1.807, 2.05) is 24.3 Å². The average molecular weight is 355 g/mol. The maximum absolute atomic E-state index is 11.5. The molecule has 0 aliphatic rings.